The molecule has 2 heteroatoms. The Labute approximate surface area is 86.0 Å². The molecule has 0 amide bonds. The lowest BCUT2D eigenvalue weighted by Gasteiger charge is -2.35. The highest BCUT2D eigenvalue weighted by atomic mass is 16.4. The summed E-state index contributed by atoms with van der Waals surface area (Å²) in [5.74, 6) is -0.0488. The number of hydrogen-bond acceptors (Lipinski definition) is 1. The molecule has 0 heterocycles. The normalized spacial score (nSPS) is 33.4. The van der Waals surface area contributed by atoms with Gasteiger partial charge in [0.1, 0.15) is 0 Å². The second kappa shape index (κ2) is 4.63. The highest BCUT2D eigenvalue weighted by Crippen LogP contribution is 2.42. The van der Waals surface area contributed by atoms with E-state index in [1.54, 1.807) is 0 Å². The van der Waals surface area contributed by atoms with Crippen molar-refractivity contribution in [2.24, 2.45) is 11.3 Å². The van der Waals surface area contributed by atoms with Gasteiger partial charge in [-0.3, -0.25) is 4.79 Å². The zero-order chi connectivity index (χ0) is 10.6. The van der Waals surface area contributed by atoms with Crippen molar-refractivity contribution in [3.8, 4) is 0 Å². The van der Waals surface area contributed by atoms with Gasteiger partial charge in [0.05, 0.1) is 5.41 Å². The average molecular weight is 196 g/mol. The fourth-order valence-electron chi connectivity index (χ4n) is 2.47. The Hall–Kier alpha value is -0.790. The molecule has 0 aliphatic heterocycles. The van der Waals surface area contributed by atoms with Gasteiger partial charge < -0.3 is 5.11 Å². The monoisotopic (exact) mass is 196 g/mol. The van der Waals surface area contributed by atoms with E-state index in [-0.39, 0.29) is 0 Å². The molecule has 0 aromatic heterocycles. The minimum absolute atomic E-state index is 0.468. The van der Waals surface area contributed by atoms with Gasteiger partial charge in [0.15, 0.2) is 0 Å². The van der Waals surface area contributed by atoms with Gasteiger partial charge in [0.2, 0.25) is 0 Å². The van der Waals surface area contributed by atoms with Crippen LogP contribution in [0, 0.1) is 11.3 Å². The number of rotatable bonds is 3. The van der Waals surface area contributed by atoms with Crippen LogP contribution in [0.5, 0.6) is 0 Å². The first-order valence-corrected chi connectivity index (χ1v) is 5.45. The summed E-state index contributed by atoms with van der Waals surface area (Å²) in [5, 5.41) is 9.30. The minimum Gasteiger partial charge on any atom is -0.481 e. The summed E-state index contributed by atoms with van der Waals surface area (Å²) < 4.78 is 0. The lowest BCUT2D eigenvalue weighted by Crippen LogP contribution is -2.35. The first-order valence-electron chi connectivity index (χ1n) is 5.45. The van der Waals surface area contributed by atoms with Gasteiger partial charge in [0, 0.05) is 0 Å². The second-order valence-electron chi connectivity index (χ2n) is 4.56. The number of aliphatic carboxylic acids is 1. The largest absolute Gasteiger partial charge is 0.481 e. The molecule has 80 valence electrons. The Bertz CT molecular complexity index is 232. The van der Waals surface area contributed by atoms with Crippen LogP contribution in [0.3, 0.4) is 0 Å². The summed E-state index contributed by atoms with van der Waals surface area (Å²) >= 11 is 0. The molecule has 2 unspecified atom stereocenters. The zero-order valence-corrected chi connectivity index (χ0v) is 9.12. The van der Waals surface area contributed by atoms with E-state index < -0.39 is 11.4 Å². The predicted octanol–water partition coefficient (Wildman–Crippen LogP) is 3.23. The summed E-state index contributed by atoms with van der Waals surface area (Å²) in [6, 6.07) is 0. The van der Waals surface area contributed by atoms with Gasteiger partial charge >= 0.3 is 5.97 Å². The maximum absolute atomic E-state index is 11.3. The SMILES string of the molecule is CC=CCC1(C(=O)O)CCCC(C)C1. The first-order chi connectivity index (χ1) is 6.60. The fourth-order valence-corrected chi connectivity index (χ4v) is 2.47. The van der Waals surface area contributed by atoms with Crippen LogP contribution < -0.4 is 0 Å². The predicted molar refractivity (Wildman–Crippen MR) is 57.1 cm³/mol. The molecule has 1 saturated carbocycles. The van der Waals surface area contributed by atoms with E-state index in [0.29, 0.717) is 12.3 Å². The molecule has 2 nitrogen and oxygen atoms in total. The summed E-state index contributed by atoms with van der Waals surface area (Å²) in [5.41, 5.74) is -0.468. The number of carbonyl (C=O) groups is 1. The molecular formula is C12H20O2. The van der Waals surface area contributed by atoms with E-state index >= 15 is 0 Å². The van der Waals surface area contributed by atoms with E-state index in [4.69, 9.17) is 0 Å². The fraction of sp³-hybridized carbons (Fsp3) is 0.750. The third-order valence-corrected chi connectivity index (χ3v) is 3.29. The molecule has 1 rings (SSSR count). The van der Waals surface area contributed by atoms with E-state index in [9.17, 15) is 9.90 Å². The summed E-state index contributed by atoms with van der Waals surface area (Å²) in [6.45, 7) is 4.11. The van der Waals surface area contributed by atoms with Crippen molar-refractivity contribution in [2.45, 2.75) is 46.0 Å². The van der Waals surface area contributed by atoms with Crippen molar-refractivity contribution < 1.29 is 9.90 Å². The van der Waals surface area contributed by atoms with Crippen molar-refractivity contribution in [1.82, 2.24) is 0 Å². The Morgan fingerprint density at radius 1 is 1.64 bits per heavy atom. The molecule has 0 radical (unpaired) electrons. The van der Waals surface area contributed by atoms with Crippen molar-refractivity contribution >= 4 is 5.97 Å². The van der Waals surface area contributed by atoms with Crippen LogP contribution in [0.25, 0.3) is 0 Å². The van der Waals surface area contributed by atoms with Crippen molar-refractivity contribution in [3.05, 3.63) is 12.2 Å². The first kappa shape index (κ1) is 11.3. The molecule has 0 saturated heterocycles. The smallest absolute Gasteiger partial charge is 0.309 e. The van der Waals surface area contributed by atoms with Crippen molar-refractivity contribution in [2.75, 3.05) is 0 Å². The molecule has 0 bridgehead atoms. The summed E-state index contributed by atoms with van der Waals surface area (Å²) in [4.78, 5) is 11.3. The van der Waals surface area contributed by atoms with Gasteiger partial charge in [-0.1, -0.05) is 31.9 Å². The van der Waals surface area contributed by atoms with Crippen LogP contribution in [-0.2, 0) is 4.79 Å². The van der Waals surface area contributed by atoms with E-state index in [1.807, 2.05) is 19.1 Å². The molecular weight excluding hydrogens is 176 g/mol. The Morgan fingerprint density at radius 2 is 2.36 bits per heavy atom. The third kappa shape index (κ3) is 2.37. The lowest BCUT2D eigenvalue weighted by atomic mass is 9.68. The van der Waals surface area contributed by atoms with Gasteiger partial charge in [-0.05, 0) is 32.1 Å². The van der Waals surface area contributed by atoms with Crippen LogP contribution in [-0.4, -0.2) is 11.1 Å². The molecule has 1 aliphatic carbocycles. The molecule has 0 aromatic carbocycles. The Kier molecular flexibility index (Phi) is 3.73. The van der Waals surface area contributed by atoms with E-state index in [1.165, 1.54) is 6.42 Å². The Balaban J connectivity index is 2.74. The number of carboxylic acids is 1. The highest BCUT2D eigenvalue weighted by molar-refractivity contribution is 5.75. The van der Waals surface area contributed by atoms with Crippen molar-refractivity contribution in [3.63, 3.8) is 0 Å². The van der Waals surface area contributed by atoms with Crippen LogP contribution >= 0.6 is 0 Å². The molecule has 0 aromatic rings. The second-order valence-corrected chi connectivity index (χ2v) is 4.56. The van der Waals surface area contributed by atoms with Gasteiger partial charge in [-0.2, -0.15) is 0 Å². The van der Waals surface area contributed by atoms with Gasteiger partial charge in [-0.15, -0.1) is 0 Å². The maximum atomic E-state index is 11.3. The van der Waals surface area contributed by atoms with E-state index in [2.05, 4.69) is 6.92 Å². The lowest BCUT2D eigenvalue weighted by molar-refractivity contribution is -0.151. The average Bonchev–Trinajstić information content (AvgIpc) is 2.14. The van der Waals surface area contributed by atoms with Crippen LogP contribution in [0.1, 0.15) is 46.0 Å². The number of hydrogen-bond donors (Lipinski definition) is 1. The van der Waals surface area contributed by atoms with Gasteiger partial charge in [0.25, 0.3) is 0 Å². The zero-order valence-electron chi connectivity index (χ0n) is 9.12. The summed E-state index contributed by atoms with van der Waals surface area (Å²) in [6.07, 6.45) is 8.57. The van der Waals surface area contributed by atoms with E-state index in [0.717, 1.165) is 19.3 Å². The molecule has 14 heavy (non-hydrogen) atoms. The summed E-state index contributed by atoms with van der Waals surface area (Å²) in [7, 11) is 0. The van der Waals surface area contributed by atoms with Crippen LogP contribution in [0.4, 0.5) is 0 Å². The van der Waals surface area contributed by atoms with Crippen LogP contribution in [0.2, 0.25) is 0 Å². The topological polar surface area (TPSA) is 37.3 Å². The maximum Gasteiger partial charge on any atom is 0.309 e. The molecule has 1 fully saturated rings. The molecule has 2 atom stereocenters. The van der Waals surface area contributed by atoms with Gasteiger partial charge in [-0.25, -0.2) is 0 Å². The highest BCUT2D eigenvalue weighted by Gasteiger charge is 2.40. The standard InChI is InChI=1S/C12H20O2/c1-3-4-7-12(11(13)14)8-5-6-10(2)9-12/h3-4,10H,5-9H2,1-2H3,(H,13,14). The van der Waals surface area contributed by atoms with Crippen molar-refractivity contribution in [1.29, 1.82) is 0 Å². The Morgan fingerprint density at radius 3 is 2.86 bits per heavy atom. The molecule has 1 N–H and O–H groups in total. The third-order valence-electron chi connectivity index (χ3n) is 3.29. The number of allylic oxidation sites excluding steroid dienone is 2. The molecule has 1 aliphatic rings. The quantitative estimate of drug-likeness (QED) is 0.703. The number of carboxylic acid groups (broad SMARTS) is 1. The molecule has 0 spiro atoms. The minimum atomic E-state index is -0.609. The van der Waals surface area contributed by atoms with Crippen LogP contribution in [0.15, 0.2) is 12.2 Å².